The molecule has 0 bridgehead atoms. The number of nitriles is 2. The third-order valence-electron chi connectivity index (χ3n) is 7.90. The fraction of sp³-hybridized carbons (Fsp3) is 0.229. The molecule has 4 aromatic carbocycles. The first-order chi connectivity index (χ1) is 20.8. The lowest BCUT2D eigenvalue weighted by Crippen LogP contribution is -2.66. The van der Waals surface area contributed by atoms with Gasteiger partial charge >= 0.3 is 6.03 Å². The number of urea groups is 1. The first kappa shape index (κ1) is 29.4. The molecular weight excluding hydrogens is 546 g/mol. The molecule has 0 radical (unpaired) electrons. The molecule has 5 rings (SSSR count). The second-order valence-corrected chi connectivity index (χ2v) is 10.8. The molecule has 3 atom stereocenters. The Labute approximate surface area is 249 Å². The predicted molar refractivity (Wildman–Crippen MR) is 157 cm³/mol. The summed E-state index contributed by atoms with van der Waals surface area (Å²) in [6.07, 6.45) is 0.197. The average molecular weight is 577 g/mol. The second-order valence-electron chi connectivity index (χ2n) is 10.8. The van der Waals surface area contributed by atoms with Gasteiger partial charge in [-0.3, -0.25) is 0 Å². The number of benzene rings is 4. The number of hydrogen-bond donors (Lipinski definition) is 1. The van der Waals surface area contributed by atoms with Crippen molar-refractivity contribution in [2.24, 2.45) is 0 Å². The lowest BCUT2D eigenvalue weighted by atomic mass is 9.88. The van der Waals surface area contributed by atoms with Crippen LogP contribution in [0.15, 0.2) is 97.1 Å². The van der Waals surface area contributed by atoms with E-state index in [-0.39, 0.29) is 37.2 Å². The fourth-order valence-electron chi connectivity index (χ4n) is 5.70. The van der Waals surface area contributed by atoms with Gasteiger partial charge in [0.15, 0.2) is 0 Å². The first-order valence-electron chi connectivity index (χ1n) is 14.1. The minimum atomic E-state index is -0.999. The van der Waals surface area contributed by atoms with E-state index in [1.54, 1.807) is 70.5 Å². The summed E-state index contributed by atoms with van der Waals surface area (Å²) in [5, 5.41) is 30.9. The molecule has 8 heteroatoms. The molecule has 0 saturated carbocycles. The SMILES string of the molecule is N#Cc1cccc(CN2C(=O)N(Cc3cccc(C#N)c3)[C@H](Cc3ccc(F)cc3)[C@H](O)[C@H]2CCc2ccc(F)cc2)c1. The Hall–Kier alpha value is -5.05. The summed E-state index contributed by atoms with van der Waals surface area (Å²) < 4.78 is 27.3. The van der Waals surface area contributed by atoms with E-state index in [0.717, 1.165) is 22.3 Å². The third kappa shape index (κ3) is 7.06. The van der Waals surface area contributed by atoms with E-state index in [1.165, 1.54) is 24.3 Å². The summed E-state index contributed by atoms with van der Waals surface area (Å²) in [5.74, 6) is -0.719. The Morgan fingerprint density at radius 2 is 1.16 bits per heavy atom. The lowest BCUT2D eigenvalue weighted by molar-refractivity contribution is -0.0453. The maximum Gasteiger partial charge on any atom is 0.321 e. The average Bonchev–Trinajstić information content (AvgIpc) is 3.03. The second kappa shape index (κ2) is 13.3. The highest BCUT2D eigenvalue weighted by molar-refractivity contribution is 5.77. The van der Waals surface area contributed by atoms with Crippen LogP contribution >= 0.6 is 0 Å². The van der Waals surface area contributed by atoms with Crippen molar-refractivity contribution in [3.05, 3.63) is 142 Å². The van der Waals surface area contributed by atoms with Gasteiger partial charge in [-0.15, -0.1) is 0 Å². The van der Waals surface area contributed by atoms with Crippen molar-refractivity contribution in [1.82, 2.24) is 9.80 Å². The largest absolute Gasteiger partial charge is 0.389 e. The molecule has 1 aliphatic rings. The van der Waals surface area contributed by atoms with E-state index in [0.29, 0.717) is 24.0 Å². The number of carbonyl (C=O) groups excluding carboxylic acids is 1. The molecule has 6 nitrogen and oxygen atoms in total. The van der Waals surface area contributed by atoms with Crippen molar-refractivity contribution in [2.75, 3.05) is 0 Å². The normalized spacial score (nSPS) is 18.3. The van der Waals surface area contributed by atoms with Gasteiger partial charge in [0, 0.05) is 13.1 Å². The van der Waals surface area contributed by atoms with Crippen LogP contribution in [-0.2, 0) is 25.9 Å². The highest BCUT2D eigenvalue weighted by Gasteiger charge is 2.45. The van der Waals surface area contributed by atoms with Gasteiger partial charge < -0.3 is 14.9 Å². The van der Waals surface area contributed by atoms with Crippen LogP contribution in [0.4, 0.5) is 13.6 Å². The van der Waals surface area contributed by atoms with Crippen LogP contribution in [0.25, 0.3) is 0 Å². The van der Waals surface area contributed by atoms with E-state index < -0.39 is 18.2 Å². The molecule has 2 amide bonds. The Bertz CT molecular complexity index is 1660. The summed E-state index contributed by atoms with van der Waals surface area (Å²) in [5.41, 5.74) is 4.04. The Morgan fingerprint density at radius 1 is 0.674 bits per heavy atom. The van der Waals surface area contributed by atoms with Crippen LogP contribution in [-0.4, -0.2) is 39.1 Å². The van der Waals surface area contributed by atoms with Gasteiger partial charge in [0.05, 0.1) is 41.5 Å². The van der Waals surface area contributed by atoms with Gasteiger partial charge in [-0.2, -0.15) is 10.5 Å². The lowest BCUT2D eigenvalue weighted by Gasteiger charge is -2.49. The number of rotatable bonds is 9. The summed E-state index contributed by atoms with van der Waals surface area (Å²) in [6, 6.07) is 28.9. The maximum absolute atomic E-state index is 14.4. The van der Waals surface area contributed by atoms with Crippen molar-refractivity contribution in [2.45, 2.75) is 50.5 Å². The zero-order chi connectivity index (χ0) is 30.3. The summed E-state index contributed by atoms with van der Waals surface area (Å²) >= 11 is 0. The molecule has 0 aliphatic carbocycles. The quantitative estimate of drug-likeness (QED) is 0.260. The molecule has 0 unspecified atom stereocenters. The van der Waals surface area contributed by atoms with Crippen molar-refractivity contribution >= 4 is 6.03 Å². The van der Waals surface area contributed by atoms with E-state index in [4.69, 9.17) is 0 Å². The molecule has 1 N–H and O–H groups in total. The number of carbonyl (C=O) groups is 1. The summed E-state index contributed by atoms with van der Waals surface area (Å²) in [7, 11) is 0. The summed E-state index contributed by atoms with van der Waals surface area (Å²) in [6.45, 7) is 0.314. The molecule has 0 spiro atoms. The van der Waals surface area contributed by atoms with Crippen molar-refractivity contribution in [1.29, 1.82) is 10.5 Å². The highest BCUT2D eigenvalue weighted by atomic mass is 19.1. The Balaban J connectivity index is 1.52. The number of amides is 2. The minimum absolute atomic E-state index is 0.149. The third-order valence-corrected chi connectivity index (χ3v) is 7.90. The number of nitrogens with zero attached hydrogens (tertiary/aromatic N) is 4. The van der Waals surface area contributed by atoms with Gasteiger partial charge in [-0.25, -0.2) is 13.6 Å². The molecule has 0 aromatic heterocycles. The highest BCUT2D eigenvalue weighted by Crippen LogP contribution is 2.31. The molecule has 1 heterocycles. The number of aliphatic hydroxyl groups is 1. The monoisotopic (exact) mass is 576 g/mol. The smallest absolute Gasteiger partial charge is 0.321 e. The predicted octanol–water partition coefficient (Wildman–Crippen LogP) is 6.12. The number of hydrogen-bond acceptors (Lipinski definition) is 4. The zero-order valence-corrected chi connectivity index (χ0v) is 23.4. The Morgan fingerprint density at radius 3 is 1.67 bits per heavy atom. The summed E-state index contributed by atoms with van der Waals surface area (Å²) in [4.78, 5) is 17.7. The maximum atomic E-state index is 14.4. The van der Waals surface area contributed by atoms with Crippen LogP contribution < -0.4 is 0 Å². The molecule has 1 saturated heterocycles. The van der Waals surface area contributed by atoms with Gasteiger partial charge in [0.25, 0.3) is 0 Å². The van der Waals surface area contributed by atoms with Crippen LogP contribution in [0.3, 0.4) is 0 Å². The standard InChI is InChI=1S/C35H30F2N4O2/c36-30-12-7-24(8-13-30)11-16-32-34(42)33(19-25-9-14-31(37)15-10-25)41(23-29-6-2-4-27(18-29)21-39)35(43)40(32)22-28-5-1-3-26(17-28)20-38/h1-10,12-15,17-18,32-34,42H,11,16,19,22-23H2/t32-,33-,34-/m1/s1. The number of aryl methyl sites for hydroxylation is 1. The molecule has 1 aliphatic heterocycles. The number of aliphatic hydroxyl groups excluding tert-OH is 1. The van der Waals surface area contributed by atoms with E-state index in [9.17, 15) is 29.2 Å². The fourth-order valence-corrected chi connectivity index (χ4v) is 5.70. The molecule has 4 aromatic rings. The van der Waals surface area contributed by atoms with Crippen molar-refractivity contribution < 1.29 is 18.7 Å². The van der Waals surface area contributed by atoms with Gasteiger partial charge in [0.1, 0.15) is 11.6 Å². The van der Waals surface area contributed by atoms with Gasteiger partial charge in [-0.05, 0) is 90.0 Å². The Kier molecular flexibility index (Phi) is 9.10. The van der Waals surface area contributed by atoms with Gasteiger partial charge in [0.2, 0.25) is 0 Å². The van der Waals surface area contributed by atoms with E-state index in [1.807, 2.05) is 12.1 Å². The minimum Gasteiger partial charge on any atom is -0.389 e. The van der Waals surface area contributed by atoms with Gasteiger partial charge in [-0.1, -0.05) is 48.5 Å². The first-order valence-corrected chi connectivity index (χ1v) is 14.1. The number of halogens is 2. The molecule has 1 fully saturated rings. The van der Waals surface area contributed by atoms with E-state index >= 15 is 0 Å². The van der Waals surface area contributed by atoms with Crippen molar-refractivity contribution in [3.8, 4) is 12.1 Å². The molecule has 216 valence electrons. The topological polar surface area (TPSA) is 91.4 Å². The molecular formula is C35H30F2N4O2. The van der Waals surface area contributed by atoms with Crippen LogP contribution in [0, 0.1) is 34.3 Å². The van der Waals surface area contributed by atoms with Crippen molar-refractivity contribution in [3.63, 3.8) is 0 Å². The zero-order valence-electron chi connectivity index (χ0n) is 23.4. The molecule has 43 heavy (non-hydrogen) atoms. The van der Waals surface area contributed by atoms with Crippen LogP contribution in [0.5, 0.6) is 0 Å². The van der Waals surface area contributed by atoms with Crippen LogP contribution in [0.1, 0.15) is 39.8 Å². The van der Waals surface area contributed by atoms with E-state index in [2.05, 4.69) is 12.1 Å². The van der Waals surface area contributed by atoms with Crippen LogP contribution in [0.2, 0.25) is 0 Å².